The molecule has 0 spiro atoms. The lowest BCUT2D eigenvalue weighted by Gasteiger charge is -2.11. The zero-order valence-corrected chi connectivity index (χ0v) is 15.4. The third-order valence-corrected chi connectivity index (χ3v) is 4.44. The number of aromatic nitrogens is 5. The van der Waals surface area contributed by atoms with Gasteiger partial charge in [-0.2, -0.15) is 4.98 Å². The minimum absolute atomic E-state index is 0.374. The van der Waals surface area contributed by atoms with Gasteiger partial charge in [0, 0.05) is 37.6 Å². The van der Waals surface area contributed by atoms with Gasteiger partial charge in [0.2, 0.25) is 11.8 Å². The predicted octanol–water partition coefficient (Wildman–Crippen LogP) is 3.23. The summed E-state index contributed by atoms with van der Waals surface area (Å²) in [4.78, 5) is 12.9. The molecule has 1 fully saturated rings. The average molecular weight is 383 g/mol. The Morgan fingerprint density at radius 2 is 1.96 bits per heavy atom. The Labute approximate surface area is 162 Å². The fourth-order valence-electron chi connectivity index (χ4n) is 2.74. The lowest BCUT2D eigenvalue weighted by molar-refractivity contribution is 0.481. The fraction of sp³-hybridized carbons (Fsp3) is 0.421. The smallest absolute Gasteiger partial charge is 0.253 e. The quantitative estimate of drug-likeness (QED) is 0.515. The van der Waals surface area contributed by atoms with Gasteiger partial charge in [-0.3, -0.25) is 9.37 Å². The molecule has 3 aromatic rings. The first kappa shape index (κ1) is 18.3. The molecule has 0 aliphatic heterocycles. The molecular weight excluding hydrogens is 361 g/mol. The zero-order chi connectivity index (χ0) is 19.2. The Hall–Kier alpha value is -3.10. The van der Waals surface area contributed by atoms with E-state index in [1.165, 1.54) is 5.56 Å². The molecule has 1 aliphatic carbocycles. The van der Waals surface area contributed by atoms with E-state index in [-0.39, 0.29) is 0 Å². The van der Waals surface area contributed by atoms with Gasteiger partial charge in [-0.05, 0) is 43.4 Å². The normalized spacial score (nSPS) is 13.5. The molecule has 0 aromatic carbocycles. The summed E-state index contributed by atoms with van der Waals surface area (Å²) in [6.45, 7) is 0.747. The van der Waals surface area contributed by atoms with Crippen molar-refractivity contribution in [1.29, 1.82) is 0 Å². The monoisotopic (exact) mass is 383 g/mol. The number of halogens is 1. The Bertz CT molecular complexity index is 898. The average Bonchev–Trinajstić information content (AvgIpc) is 3.46. The van der Waals surface area contributed by atoms with E-state index in [2.05, 4.69) is 35.8 Å². The van der Waals surface area contributed by atoms with Gasteiger partial charge in [0.25, 0.3) is 5.89 Å². The lowest BCUT2D eigenvalue weighted by atomic mass is 10.2. The van der Waals surface area contributed by atoms with Crippen LogP contribution in [0.25, 0.3) is 11.5 Å². The number of hydrogen-bond donors (Lipinski definition) is 2. The second-order valence-electron chi connectivity index (χ2n) is 6.68. The molecule has 3 aromatic heterocycles. The number of alkyl halides is 1. The van der Waals surface area contributed by atoms with E-state index < -0.39 is 6.67 Å². The second-order valence-corrected chi connectivity index (χ2v) is 6.68. The van der Waals surface area contributed by atoms with Crippen LogP contribution in [0.2, 0.25) is 0 Å². The zero-order valence-electron chi connectivity index (χ0n) is 15.4. The summed E-state index contributed by atoms with van der Waals surface area (Å²) in [7, 11) is 0. The summed E-state index contributed by atoms with van der Waals surface area (Å²) in [6, 6.07) is 3.95. The maximum atomic E-state index is 12.5. The van der Waals surface area contributed by atoms with Crippen LogP contribution >= 0.6 is 0 Å². The van der Waals surface area contributed by atoms with Crippen molar-refractivity contribution >= 4 is 11.8 Å². The molecule has 2 N–H and O–H groups in total. The van der Waals surface area contributed by atoms with Crippen molar-refractivity contribution < 1.29 is 8.81 Å². The van der Waals surface area contributed by atoms with Gasteiger partial charge in [-0.25, -0.2) is 4.98 Å². The van der Waals surface area contributed by atoms with Gasteiger partial charge in [-0.15, -0.1) is 10.2 Å². The van der Waals surface area contributed by atoms with Gasteiger partial charge in [0.1, 0.15) is 5.82 Å². The van der Waals surface area contributed by atoms with Crippen molar-refractivity contribution in [2.45, 2.75) is 31.6 Å². The van der Waals surface area contributed by atoms with Gasteiger partial charge in [0.15, 0.2) is 0 Å². The van der Waals surface area contributed by atoms with Gasteiger partial charge >= 0.3 is 0 Å². The van der Waals surface area contributed by atoms with Crippen molar-refractivity contribution in [2.75, 3.05) is 30.4 Å². The molecule has 0 bridgehead atoms. The van der Waals surface area contributed by atoms with Gasteiger partial charge in [-0.1, -0.05) is 0 Å². The van der Waals surface area contributed by atoms with Gasteiger partial charge < -0.3 is 15.1 Å². The highest BCUT2D eigenvalue weighted by Gasteiger charge is 2.30. The molecule has 4 rings (SSSR count). The van der Waals surface area contributed by atoms with Crippen LogP contribution in [0.5, 0.6) is 0 Å². The van der Waals surface area contributed by atoms with Crippen molar-refractivity contribution in [3.05, 3.63) is 42.2 Å². The van der Waals surface area contributed by atoms with Crippen molar-refractivity contribution in [1.82, 2.24) is 25.1 Å². The number of hydrogen-bond acceptors (Lipinski definition) is 8. The van der Waals surface area contributed by atoms with Crippen molar-refractivity contribution in [3.8, 4) is 11.5 Å². The molecular formula is C19H22FN7O. The van der Waals surface area contributed by atoms with Crippen LogP contribution in [0.15, 0.2) is 35.1 Å². The van der Waals surface area contributed by atoms with Crippen LogP contribution in [0.1, 0.15) is 36.6 Å². The maximum absolute atomic E-state index is 12.5. The molecule has 9 heteroatoms. The first-order valence-corrected chi connectivity index (χ1v) is 9.47. The van der Waals surface area contributed by atoms with Crippen LogP contribution < -0.4 is 10.6 Å². The summed E-state index contributed by atoms with van der Waals surface area (Å²) < 4.78 is 18.3. The Morgan fingerprint density at radius 3 is 2.75 bits per heavy atom. The predicted molar refractivity (Wildman–Crippen MR) is 103 cm³/mol. The topological polar surface area (TPSA) is 102 Å². The summed E-state index contributed by atoms with van der Waals surface area (Å²) in [5, 5.41) is 14.6. The summed E-state index contributed by atoms with van der Waals surface area (Å²) in [5.74, 6) is 2.46. The first-order chi connectivity index (χ1) is 13.8. The molecule has 1 aliphatic rings. The van der Waals surface area contributed by atoms with Crippen LogP contribution in [-0.4, -0.2) is 44.9 Å². The van der Waals surface area contributed by atoms with Gasteiger partial charge in [0.05, 0.1) is 12.2 Å². The molecule has 3 heterocycles. The molecule has 1 saturated carbocycles. The summed E-state index contributed by atoms with van der Waals surface area (Å²) >= 11 is 0. The maximum Gasteiger partial charge on any atom is 0.253 e. The van der Waals surface area contributed by atoms with E-state index in [0.29, 0.717) is 54.5 Å². The van der Waals surface area contributed by atoms with E-state index >= 15 is 0 Å². The molecule has 146 valence electrons. The van der Waals surface area contributed by atoms with E-state index in [1.807, 2.05) is 12.1 Å². The van der Waals surface area contributed by atoms with E-state index in [9.17, 15) is 4.39 Å². The molecule has 0 atom stereocenters. The van der Waals surface area contributed by atoms with E-state index in [1.54, 1.807) is 18.6 Å². The SMILES string of the molecule is FCCCNc1nc(NCCc2ccncc2)ncc1-c1nnc(C2CC2)o1. The third-order valence-electron chi connectivity index (χ3n) is 4.44. The van der Waals surface area contributed by atoms with E-state index in [0.717, 1.165) is 19.3 Å². The van der Waals surface area contributed by atoms with Crippen molar-refractivity contribution in [2.24, 2.45) is 0 Å². The lowest BCUT2D eigenvalue weighted by Crippen LogP contribution is -2.11. The number of anilines is 2. The summed E-state index contributed by atoms with van der Waals surface area (Å²) in [6.07, 6.45) is 8.59. The van der Waals surface area contributed by atoms with Crippen LogP contribution in [0.3, 0.4) is 0 Å². The highest BCUT2D eigenvalue weighted by Crippen LogP contribution is 2.40. The summed E-state index contributed by atoms with van der Waals surface area (Å²) in [5.41, 5.74) is 1.80. The van der Waals surface area contributed by atoms with Crippen LogP contribution in [0, 0.1) is 0 Å². The molecule has 0 radical (unpaired) electrons. The second kappa shape index (κ2) is 8.73. The number of rotatable bonds is 10. The largest absolute Gasteiger partial charge is 0.420 e. The third kappa shape index (κ3) is 4.59. The first-order valence-electron chi connectivity index (χ1n) is 9.47. The Balaban J connectivity index is 1.47. The molecule has 0 unspecified atom stereocenters. The number of nitrogens with one attached hydrogen (secondary N) is 2. The minimum atomic E-state index is -0.392. The standard InChI is InChI=1S/C19H22FN7O/c20-7-1-8-22-16-15(18-27-26-17(28-18)14-2-3-14)12-24-19(25-16)23-11-6-13-4-9-21-10-5-13/h4-5,9-10,12,14H,1-3,6-8,11H2,(H2,22,23,24,25). The number of nitrogens with zero attached hydrogens (tertiary/aromatic N) is 5. The van der Waals surface area contributed by atoms with Crippen LogP contribution in [0.4, 0.5) is 16.2 Å². The molecule has 28 heavy (non-hydrogen) atoms. The minimum Gasteiger partial charge on any atom is -0.420 e. The Morgan fingerprint density at radius 1 is 1.11 bits per heavy atom. The van der Waals surface area contributed by atoms with Crippen LogP contribution in [-0.2, 0) is 6.42 Å². The molecule has 8 nitrogen and oxygen atoms in total. The Kier molecular flexibility index (Phi) is 5.69. The highest BCUT2D eigenvalue weighted by atomic mass is 19.1. The molecule has 0 saturated heterocycles. The van der Waals surface area contributed by atoms with Crippen molar-refractivity contribution in [3.63, 3.8) is 0 Å². The highest BCUT2D eigenvalue weighted by molar-refractivity contribution is 5.69. The fourth-order valence-corrected chi connectivity index (χ4v) is 2.74. The molecule has 0 amide bonds. The number of pyridine rings is 1. The van der Waals surface area contributed by atoms with E-state index in [4.69, 9.17) is 4.42 Å².